The number of halogens is 3. The molecule has 2 aromatic rings. The van der Waals surface area contributed by atoms with Gasteiger partial charge in [-0.15, -0.1) is 0 Å². The van der Waals surface area contributed by atoms with Crippen LogP contribution in [0.1, 0.15) is 75.8 Å². The first-order valence-electron chi connectivity index (χ1n) is 12.5. The van der Waals surface area contributed by atoms with E-state index in [-0.39, 0.29) is 17.0 Å². The summed E-state index contributed by atoms with van der Waals surface area (Å²) in [5.41, 5.74) is 1.45. The molecule has 4 atom stereocenters. The number of allylic oxidation sites excluding steroid dienone is 4. The molecule has 0 spiro atoms. The van der Waals surface area contributed by atoms with Crippen LogP contribution in [0.15, 0.2) is 54.6 Å². The second-order valence-electron chi connectivity index (χ2n) is 9.88. The van der Waals surface area contributed by atoms with Crippen LogP contribution in [-0.2, 0) is 6.42 Å². The highest BCUT2D eigenvalue weighted by molar-refractivity contribution is 5.66. The molecule has 2 fully saturated rings. The van der Waals surface area contributed by atoms with Gasteiger partial charge in [-0.2, -0.15) is 0 Å². The molecule has 4 unspecified atom stereocenters. The Hall–Kier alpha value is -2.29. The van der Waals surface area contributed by atoms with Gasteiger partial charge in [0.05, 0.1) is 0 Å². The maximum Gasteiger partial charge on any atom is 0.167 e. The zero-order valence-electron chi connectivity index (χ0n) is 19.8. The Morgan fingerprint density at radius 2 is 1.58 bits per heavy atom. The molecule has 0 N–H and O–H groups in total. The van der Waals surface area contributed by atoms with Crippen LogP contribution in [0.4, 0.5) is 13.2 Å². The fraction of sp³-hybridized carbons (Fsp3) is 0.467. The first-order valence-corrected chi connectivity index (χ1v) is 12.5. The van der Waals surface area contributed by atoms with E-state index < -0.39 is 17.5 Å². The predicted octanol–water partition coefficient (Wildman–Crippen LogP) is 9.16. The average Bonchev–Trinajstić information content (AvgIpc) is 2.81. The van der Waals surface area contributed by atoms with E-state index in [4.69, 9.17) is 0 Å². The Morgan fingerprint density at radius 3 is 2.33 bits per heavy atom. The summed E-state index contributed by atoms with van der Waals surface area (Å²) >= 11 is 0. The van der Waals surface area contributed by atoms with Gasteiger partial charge in [0.25, 0.3) is 0 Å². The monoisotopic (exact) mass is 452 g/mol. The van der Waals surface area contributed by atoms with Gasteiger partial charge in [0.2, 0.25) is 0 Å². The Labute approximate surface area is 196 Å². The number of rotatable bonds is 6. The third kappa shape index (κ3) is 5.28. The largest absolute Gasteiger partial charge is 0.206 e. The lowest BCUT2D eigenvalue weighted by Gasteiger charge is -2.42. The molecule has 33 heavy (non-hydrogen) atoms. The molecule has 0 heterocycles. The van der Waals surface area contributed by atoms with E-state index >= 15 is 8.78 Å². The van der Waals surface area contributed by atoms with Crippen molar-refractivity contribution in [3.8, 4) is 11.1 Å². The summed E-state index contributed by atoms with van der Waals surface area (Å²) in [5, 5.41) is 0. The third-order valence-electron chi connectivity index (χ3n) is 7.83. The van der Waals surface area contributed by atoms with E-state index in [0.717, 1.165) is 37.7 Å². The van der Waals surface area contributed by atoms with Crippen molar-refractivity contribution in [2.24, 2.45) is 17.8 Å². The van der Waals surface area contributed by atoms with Crippen LogP contribution in [0, 0.1) is 35.2 Å². The first kappa shape index (κ1) is 23.9. The molecular formula is C30H35F3. The summed E-state index contributed by atoms with van der Waals surface area (Å²) in [5.74, 6) is -0.208. The van der Waals surface area contributed by atoms with Gasteiger partial charge in [-0.3, -0.25) is 0 Å². The molecule has 0 bridgehead atoms. The summed E-state index contributed by atoms with van der Waals surface area (Å²) in [6.07, 6.45) is 16.5. The van der Waals surface area contributed by atoms with Crippen molar-refractivity contribution >= 4 is 0 Å². The highest BCUT2D eigenvalue weighted by atomic mass is 19.2. The molecule has 3 heteroatoms. The molecule has 4 rings (SSSR count). The molecule has 2 aromatic carbocycles. The van der Waals surface area contributed by atoms with Gasteiger partial charge < -0.3 is 0 Å². The smallest absolute Gasteiger partial charge is 0.167 e. The summed E-state index contributed by atoms with van der Waals surface area (Å²) in [6, 6.07) is 8.09. The number of aryl methyl sites for hydroxylation is 1. The second kappa shape index (κ2) is 10.8. The molecular weight excluding hydrogens is 417 g/mol. The maximum atomic E-state index is 15.2. The zero-order valence-corrected chi connectivity index (χ0v) is 19.8. The summed E-state index contributed by atoms with van der Waals surface area (Å²) in [7, 11) is 0. The SMILES string of the molecule is C/C=C/CCc1ccc(-c2ccc(C3CCC4CC(/C=C/C)CCC4C3)c(F)c2F)c(F)c1. The normalized spacial score (nSPS) is 25.6. The van der Waals surface area contributed by atoms with Crippen LogP contribution in [0.3, 0.4) is 0 Å². The van der Waals surface area contributed by atoms with Gasteiger partial charge >= 0.3 is 0 Å². The fourth-order valence-corrected chi connectivity index (χ4v) is 6.09. The zero-order chi connectivity index (χ0) is 23.4. The highest BCUT2D eigenvalue weighted by Gasteiger charge is 2.36. The minimum atomic E-state index is -0.924. The highest BCUT2D eigenvalue weighted by Crippen LogP contribution is 2.48. The number of fused-ring (bicyclic) bond motifs is 1. The maximum absolute atomic E-state index is 15.2. The number of benzene rings is 2. The van der Waals surface area contributed by atoms with Crippen molar-refractivity contribution in [2.45, 2.75) is 71.1 Å². The molecule has 0 amide bonds. The summed E-state index contributed by atoms with van der Waals surface area (Å²) in [6.45, 7) is 4.03. The lowest BCUT2D eigenvalue weighted by Crippen LogP contribution is -2.30. The molecule has 0 aromatic heterocycles. The Morgan fingerprint density at radius 1 is 0.818 bits per heavy atom. The van der Waals surface area contributed by atoms with Gasteiger partial charge in [-0.05, 0) is 106 Å². The topological polar surface area (TPSA) is 0 Å². The lowest BCUT2D eigenvalue weighted by molar-refractivity contribution is 0.132. The lowest BCUT2D eigenvalue weighted by atomic mass is 9.64. The molecule has 0 nitrogen and oxygen atoms in total. The fourth-order valence-electron chi connectivity index (χ4n) is 6.09. The summed E-state index contributed by atoms with van der Waals surface area (Å²) in [4.78, 5) is 0. The van der Waals surface area contributed by atoms with Crippen molar-refractivity contribution in [1.29, 1.82) is 0 Å². The van der Waals surface area contributed by atoms with Gasteiger partial charge in [0, 0.05) is 11.1 Å². The van der Waals surface area contributed by atoms with E-state index in [9.17, 15) is 4.39 Å². The molecule has 2 aliphatic carbocycles. The van der Waals surface area contributed by atoms with Crippen molar-refractivity contribution in [3.05, 3.63) is 83.2 Å². The Kier molecular flexibility index (Phi) is 7.78. The van der Waals surface area contributed by atoms with Crippen LogP contribution in [-0.4, -0.2) is 0 Å². The molecule has 176 valence electrons. The third-order valence-corrected chi connectivity index (χ3v) is 7.83. The van der Waals surface area contributed by atoms with E-state index in [2.05, 4.69) is 19.1 Å². The average molecular weight is 453 g/mol. The molecule has 2 saturated carbocycles. The van der Waals surface area contributed by atoms with Crippen molar-refractivity contribution in [3.63, 3.8) is 0 Å². The van der Waals surface area contributed by atoms with Gasteiger partial charge in [-0.1, -0.05) is 48.6 Å². The van der Waals surface area contributed by atoms with Crippen LogP contribution >= 0.6 is 0 Å². The quantitative estimate of drug-likeness (QED) is 0.383. The number of hydrogen-bond acceptors (Lipinski definition) is 0. The van der Waals surface area contributed by atoms with Crippen LogP contribution in [0.2, 0.25) is 0 Å². The van der Waals surface area contributed by atoms with E-state index in [1.54, 1.807) is 24.3 Å². The van der Waals surface area contributed by atoms with Crippen LogP contribution < -0.4 is 0 Å². The van der Waals surface area contributed by atoms with Crippen molar-refractivity contribution < 1.29 is 13.2 Å². The second-order valence-corrected chi connectivity index (χ2v) is 9.88. The van der Waals surface area contributed by atoms with Gasteiger partial charge in [0.15, 0.2) is 11.6 Å². The summed E-state index contributed by atoms with van der Waals surface area (Å²) < 4.78 is 45.1. The van der Waals surface area contributed by atoms with E-state index in [1.165, 1.54) is 25.3 Å². The Balaban J connectivity index is 1.50. The minimum Gasteiger partial charge on any atom is -0.206 e. The molecule has 2 aliphatic rings. The van der Waals surface area contributed by atoms with Crippen molar-refractivity contribution in [2.75, 3.05) is 0 Å². The van der Waals surface area contributed by atoms with Gasteiger partial charge in [-0.25, -0.2) is 13.2 Å². The van der Waals surface area contributed by atoms with Crippen LogP contribution in [0.5, 0.6) is 0 Å². The predicted molar refractivity (Wildman–Crippen MR) is 131 cm³/mol. The van der Waals surface area contributed by atoms with E-state index in [0.29, 0.717) is 23.3 Å². The number of hydrogen-bond donors (Lipinski definition) is 0. The Bertz CT molecular complexity index is 1020. The van der Waals surface area contributed by atoms with Crippen LogP contribution in [0.25, 0.3) is 11.1 Å². The first-order chi connectivity index (χ1) is 16.0. The van der Waals surface area contributed by atoms with E-state index in [1.807, 2.05) is 19.1 Å². The van der Waals surface area contributed by atoms with Crippen molar-refractivity contribution in [1.82, 2.24) is 0 Å². The standard InChI is InChI=1S/C30H35F3/c1-3-5-6-8-21-10-14-26(28(31)18-21)27-16-15-25(29(32)30(27)33)24-13-12-22-17-20(7-4-2)9-11-23(22)19-24/h3-5,7,10,14-16,18,20,22-24H,6,8-9,11-13,17,19H2,1-2H3/b5-3+,7-4+. The molecule has 0 aliphatic heterocycles. The molecule has 0 saturated heterocycles. The minimum absolute atomic E-state index is 0.00861. The van der Waals surface area contributed by atoms with Gasteiger partial charge in [0.1, 0.15) is 5.82 Å². The molecule has 0 radical (unpaired) electrons.